The van der Waals surface area contributed by atoms with E-state index >= 15 is 0 Å². The summed E-state index contributed by atoms with van der Waals surface area (Å²) < 4.78 is 0. The van der Waals surface area contributed by atoms with E-state index in [-0.39, 0.29) is 11.1 Å². The van der Waals surface area contributed by atoms with Crippen molar-refractivity contribution in [3.05, 3.63) is 84.0 Å². The molecular formula is C18H14Cl2Si. The molecule has 0 spiro atoms. The molecule has 0 bridgehead atoms. The molecule has 0 radical (unpaired) electrons. The first-order chi connectivity index (χ1) is 10.2. The molecule has 2 aromatic carbocycles. The molecule has 0 saturated heterocycles. The van der Waals surface area contributed by atoms with Crippen LogP contribution in [0, 0.1) is 0 Å². The summed E-state index contributed by atoms with van der Waals surface area (Å²) in [5.74, 6) is 0. The van der Waals surface area contributed by atoms with Crippen LogP contribution in [0.4, 0.5) is 0 Å². The van der Waals surface area contributed by atoms with E-state index in [1.807, 2.05) is 12.2 Å². The van der Waals surface area contributed by atoms with Gasteiger partial charge in [0.25, 0.3) is 6.69 Å². The normalized spacial score (nSPS) is 17.2. The third kappa shape index (κ3) is 1.96. The van der Waals surface area contributed by atoms with E-state index < -0.39 is 6.69 Å². The molecule has 0 fully saturated rings. The second-order valence-electron chi connectivity index (χ2n) is 5.58. The minimum absolute atomic E-state index is 0.130. The third-order valence-electron chi connectivity index (χ3n) is 4.41. The van der Waals surface area contributed by atoms with Gasteiger partial charge in [0.05, 0.1) is 0 Å². The largest absolute Gasteiger partial charge is 0.273 e. The Morgan fingerprint density at radius 3 is 1.71 bits per heavy atom. The van der Waals surface area contributed by atoms with E-state index in [2.05, 4.69) is 60.7 Å². The van der Waals surface area contributed by atoms with Crippen molar-refractivity contribution in [3.8, 4) is 11.1 Å². The van der Waals surface area contributed by atoms with Gasteiger partial charge in [0.2, 0.25) is 0 Å². The van der Waals surface area contributed by atoms with Crippen molar-refractivity contribution >= 4 is 28.9 Å². The van der Waals surface area contributed by atoms with Gasteiger partial charge >= 0.3 is 0 Å². The smallest absolute Gasteiger partial charge is 0.144 e. The predicted octanol–water partition coefficient (Wildman–Crippen LogP) is 5.75. The quantitative estimate of drug-likeness (QED) is 0.486. The van der Waals surface area contributed by atoms with Crippen LogP contribution in [0.5, 0.6) is 0 Å². The van der Waals surface area contributed by atoms with Gasteiger partial charge in [0.15, 0.2) is 0 Å². The number of halogens is 2. The molecule has 0 aromatic heterocycles. The van der Waals surface area contributed by atoms with Crippen molar-refractivity contribution in [1.82, 2.24) is 0 Å². The summed E-state index contributed by atoms with van der Waals surface area (Å²) in [6.45, 7) is -2.57. The molecule has 0 saturated carbocycles. The molecule has 3 heteroatoms. The summed E-state index contributed by atoms with van der Waals surface area (Å²) in [5, 5.41) is 0. The summed E-state index contributed by atoms with van der Waals surface area (Å²) in [5.41, 5.74) is 5.42. The molecule has 0 N–H and O–H groups in total. The van der Waals surface area contributed by atoms with Crippen LogP contribution < -0.4 is 0 Å². The molecule has 4 rings (SSSR count). The fourth-order valence-corrected chi connectivity index (χ4v) is 8.19. The van der Waals surface area contributed by atoms with E-state index in [9.17, 15) is 0 Å². The maximum atomic E-state index is 7.01. The van der Waals surface area contributed by atoms with Gasteiger partial charge in [0.1, 0.15) is 0 Å². The maximum absolute atomic E-state index is 7.01. The minimum atomic E-state index is -2.57. The van der Waals surface area contributed by atoms with Crippen molar-refractivity contribution in [2.75, 3.05) is 0 Å². The number of hydrogen-bond acceptors (Lipinski definition) is 0. The van der Waals surface area contributed by atoms with Crippen LogP contribution in [0.2, 0.25) is 5.54 Å². The Morgan fingerprint density at radius 2 is 1.19 bits per heavy atom. The first-order valence-corrected chi connectivity index (χ1v) is 11.3. The summed E-state index contributed by atoms with van der Waals surface area (Å²) in [7, 11) is 0. The highest BCUT2D eigenvalue weighted by molar-refractivity contribution is 7.47. The SMILES string of the molecule is Cl[Si](Cl)(C1C=CC=C1)C1c2ccccc2-c2ccccc21. The van der Waals surface area contributed by atoms with Crippen molar-refractivity contribution in [2.45, 2.75) is 11.1 Å². The van der Waals surface area contributed by atoms with E-state index in [1.165, 1.54) is 22.3 Å². The number of hydrogen-bond donors (Lipinski definition) is 0. The zero-order valence-corrected chi connectivity index (χ0v) is 13.9. The molecule has 2 aliphatic carbocycles. The topological polar surface area (TPSA) is 0 Å². The molecule has 2 aromatic rings. The van der Waals surface area contributed by atoms with Gasteiger partial charge in [-0.3, -0.25) is 0 Å². The van der Waals surface area contributed by atoms with Crippen molar-refractivity contribution < 1.29 is 0 Å². The number of allylic oxidation sites excluding steroid dienone is 4. The second-order valence-corrected chi connectivity index (χ2v) is 12.5. The molecular weight excluding hydrogens is 315 g/mol. The summed E-state index contributed by atoms with van der Waals surface area (Å²) in [6, 6.07) is 17.0. The summed E-state index contributed by atoms with van der Waals surface area (Å²) >= 11 is 14.0. The monoisotopic (exact) mass is 328 g/mol. The van der Waals surface area contributed by atoms with Crippen LogP contribution in [0.3, 0.4) is 0 Å². The Kier molecular flexibility index (Phi) is 3.11. The number of fused-ring (bicyclic) bond motifs is 3. The van der Waals surface area contributed by atoms with Crippen LogP contribution in [0.15, 0.2) is 72.8 Å². The summed E-state index contributed by atoms with van der Waals surface area (Å²) in [4.78, 5) is 0. The Labute approximate surface area is 135 Å². The fourth-order valence-electron chi connectivity index (χ4n) is 3.45. The zero-order chi connectivity index (χ0) is 14.4. The number of rotatable bonds is 2. The van der Waals surface area contributed by atoms with Crippen LogP contribution >= 0.6 is 22.2 Å². The molecule has 0 nitrogen and oxygen atoms in total. The molecule has 0 heterocycles. The van der Waals surface area contributed by atoms with Gasteiger partial charge in [-0.2, -0.15) is 0 Å². The molecule has 2 aliphatic rings. The van der Waals surface area contributed by atoms with Gasteiger partial charge in [-0.1, -0.05) is 72.8 Å². The minimum Gasteiger partial charge on any atom is -0.144 e. The van der Waals surface area contributed by atoms with E-state index in [4.69, 9.17) is 22.2 Å². The molecule has 21 heavy (non-hydrogen) atoms. The van der Waals surface area contributed by atoms with Gasteiger partial charge in [0, 0.05) is 11.1 Å². The lowest BCUT2D eigenvalue weighted by atomic mass is 10.1. The lowest BCUT2D eigenvalue weighted by Gasteiger charge is -2.29. The van der Waals surface area contributed by atoms with Crippen molar-refractivity contribution in [3.63, 3.8) is 0 Å². The maximum Gasteiger partial charge on any atom is 0.273 e. The molecule has 0 unspecified atom stereocenters. The van der Waals surface area contributed by atoms with Crippen LogP contribution in [-0.4, -0.2) is 6.69 Å². The average Bonchev–Trinajstić information content (AvgIpc) is 3.14. The van der Waals surface area contributed by atoms with Gasteiger partial charge < -0.3 is 0 Å². The highest BCUT2D eigenvalue weighted by Crippen LogP contribution is 2.55. The molecule has 104 valence electrons. The highest BCUT2D eigenvalue weighted by atomic mass is 35.7. The standard InChI is InChI=1S/C18H14Cl2Si/c19-21(20,13-7-1-2-8-13)18-16-11-5-3-9-14(16)15-10-4-6-12-17(15)18/h1-13,18H. The third-order valence-corrected chi connectivity index (χ3v) is 9.90. The second kappa shape index (κ2) is 4.87. The first-order valence-electron chi connectivity index (χ1n) is 7.10. The van der Waals surface area contributed by atoms with Crippen molar-refractivity contribution in [1.29, 1.82) is 0 Å². The van der Waals surface area contributed by atoms with Crippen LogP contribution in [-0.2, 0) is 0 Å². The lowest BCUT2D eigenvalue weighted by molar-refractivity contribution is 1.12. The summed E-state index contributed by atoms with van der Waals surface area (Å²) in [6.07, 6.45) is 8.36. The molecule has 0 aliphatic heterocycles. The van der Waals surface area contributed by atoms with Gasteiger partial charge in [-0.25, -0.2) is 0 Å². The van der Waals surface area contributed by atoms with E-state index in [0.717, 1.165) is 0 Å². The van der Waals surface area contributed by atoms with Crippen molar-refractivity contribution in [2.24, 2.45) is 0 Å². The Bertz CT molecular complexity index is 704. The number of benzene rings is 2. The van der Waals surface area contributed by atoms with E-state index in [1.54, 1.807) is 0 Å². The van der Waals surface area contributed by atoms with Crippen LogP contribution in [0.1, 0.15) is 16.7 Å². The van der Waals surface area contributed by atoms with Crippen LogP contribution in [0.25, 0.3) is 11.1 Å². The van der Waals surface area contributed by atoms with Gasteiger partial charge in [-0.05, 0) is 22.3 Å². The molecule has 0 amide bonds. The Balaban J connectivity index is 1.93. The molecule has 0 atom stereocenters. The zero-order valence-electron chi connectivity index (χ0n) is 11.3. The van der Waals surface area contributed by atoms with E-state index in [0.29, 0.717) is 0 Å². The Morgan fingerprint density at radius 1 is 0.714 bits per heavy atom. The average molecular weight is 329 g/mol. The Hall–Kier alpha value is -1.28. The predicted molar refractivity (Wildman–Crippen MR) is 93.2 cm³/mol. The lowest BCUT2D eigenvalue weighted by Crippen LogP contribution is -2.33. The fraction of sp³-hybridized carbons (Fsp3) is 0.111. The van der Waals surface area contributed by atoms with Gasteiger partial charge in [-0.15, -0.1) is 22.2 Å². The highest BCUT2D eigenvalue weighted by Gasteiger charge is 2.49. The first kappa shape index (κ1) is 13.4.